The molecule has 0 saturated heterocycles. The SMILES string of the molecule is CCNCC(C)C(=O)Nc1cc(Cl)cc(C(F)(F)F)c1. The van der Waals surface area contributed by atoms with Crippen molar-refractivity contribution in [3.63, 3.8) is 0 Å². The Bertz CT molecular complexity index is 477. The maximum absolute atomic E-state index is 12.6. The molecule has 1 rings (SSSR count). The van der Waals surface area contributed by atoms with Crippen molar-refractivity contribution in [1.82, 2.24) is 5.32 Å². The van der Waals surface area contributed by atoms with Gasteiger partial charge in [0.25, 0.3) is 0 Å². The molecular weight excluding hydrogens is 293 g/mol. The zero-order valence-corrected chi connectivity index (χ0v) is 11.9. The van der Waals surface area contributed by atoms with E-state index in [-0.39, 0.29) is 22.5 Å². The Labute approximate surface area is 120 Å². The van der Waals surface area contributed by atoms with Gasteiger partial charge in [-0.05, 0) is 24.7 Å². The number of hydrogen-bond donors (Lipinski definition) is 2. The van der Waals surface area contributed by atoms with E-state index in [1.807, 2.05) is 6.92 Å². The molecule has 112 valence electrons. The van der Waals surface area contributed by atoms with Gasteiger partial charge in [0.05, 0.1) is 5.56 Å². The molecule has 0 aliphatic heterocycles. The van der Waals surface area contributed by atoms with E-state index in [0.717, 1.165) is 12.1 Å². The molecule has 0 bridgehead atoms. The van der Waals surface area contributed by atoms with Crippen molar-refractivity contribution in [2.45, 2.75) is 20.0 Å². The van der Waals surface area contributed by atoms with Crippen LogP contribution < -0.4 is 10.6 Å². The number of carbonyl (C=O) groups is 1. The van der Waals surface area contributed by atoms with Gasteiger partial charge in [-0.15, -0.1) is 0 Å². The van der Waals surface area contributed by atoms with Crippen LogP contribution in [0.25, 0.3) is 0 Å². The summed E-state index contributed by atoms with van der Waals surface area (Å²) >= 11 is 5.64. The van der Waals surface area contributed by atoms with Gasteiger partial charge in [-0.1, -0.05) is 25.4 Å². The van der Waals surface area contributed by atoms with Crippen LogP contribution in [0.2, 0.25) is 5.02 Å². The summed E-state index contributed by atoms with van der Waals surface area (Å²) < 4.78 is 37.9. The third kappa shape index (κ3) is 5.02. The summed E-state index contributed by atoms with van der Waals surface area (Å²) in [7, 11) is 0. The minimum Gasteiger partial charge on any atom is -0.326 e. The Morgan fingerprint density at radius 1 is 1.35 bits per heavy atom. The number of benzene rings is 1. The molecular formula is C13H16ClF3N2O. The van der Waals surface area contributed by atoms with Crippen LogP contribution >= 0.6 is 11.6 Å². The highest BCUT2D eigenvalue weighted by Crippen LogP contribution is 2.33. The Hall–Kier alpha value is -1.27. The number of halogens is 4. The van der Waals surface area contributed by atoms with Gasteiger partial charge in [0.15, 0.2) is 0 Å². The lowest BCUT2D eigenvalue weighted by atomic mass is 10.1. The fourth-order valence-electron chi connectivity index (χ4n) is 1.54. The van der Waals surface area contributed by atoms with Gasteiger partial charge >= 0.3 is 6.18 Å². The molecule has 0 aromatic heterocycles. The van der Waals surface area contributed by atoms with E-state index in [1.54, 1.807) is 6.92 Å². The second-order valence-corrected chi connectivity index (χ2v) is 4.86. The number of amides is 1. The summed E-state index contributed by atoms with van der Waals surface area (Å²) in [6, 6.07) is 2.97. The Kier molecular flexibility index (Phi) is 5.83. The summed E-state index contributed by atoms with van der Waals surface area (Å²) in [6.07, 6.45) is -4.50. The number of rotatable bonds is 5. The molecule has 3 nitrogen and oxygen atoms in total. The average molecular weight is 309 g/mol. The zero-order chi connectivity index (χ0) is 15.3. The Morgan fingerprint density at radius 3 is 2.55 bits per heavy atom. The summed E-state index contributed by atoms with van der Waals surface area (Å²) in [6.45, 7) is 4.76. The van der Waals surface area contributed by atoms with Gasteiger partial charge < -0.3 is 10.6 Å². The lowest BCUT2D eigenvalue weighted by Gasteiger charge is -2.14. The number of anilines is 1. The first-order chi connectivity index (χ1) is 9.24. The largest absolute Gasteiger partial charge is 0.416 e. The zero-order valence-electron chi connectivity index (χ0n) is 11.1. The molecule has 0 saturated carbocycles. The fraction of sp³-hybridized carbons (Fsp3) is 0.462. The quantitative estimate of drug-likeness (QED) is 0.873. The average Bonchev–Trinajstić information content (AvgIpc) is 2.34. The molecule has 0 spiro atoms. The van der Waals surface area contributed by atoms with Crippen molar-refractivity contribution in [3.05, 3.63) is 28.8 Å². The molecule has 20 heavy (non-hydrogen) atoms. The van der Waals surface area contributed by atoms with Crippen molar-refractivity contribution in [3.8, 4) is 0 Å². The lowest BCUT2D eigenvalue weighted by Crippen LogP contribution is -2.30. The minimum absolute atomic E-state index is 0.0400. The van der Waals surface area contributed by atoms with Crippen molar-refractivity contribution >= 4 is 23.2 Å². The monoisotopic (exact) mass is 308 g/mol. The minimum atomic E-state index is -4.50. The van der Waals surface area contributed by atoms with Gasteiger partial charge in [-0.3, -0.25) is 4.79 Å². The van der Waals surface area contributed by atoms with Crippen LogP contribution in [-0.4, -0.2) is 19.0 Å². The highest BCUT2D eigenvalue weighted by molar-refractivity contribution is 6.31. The molecule has 1 atom stereocenters. The van der Waals surface area contributed by atoms with E-state index in [2.05, 4.69) is 10.6 Å². The number of carbonyl (C=O) groups excluding carboxylic acids is 1. The first-order valence-electron chi connectivity index (χ1n) is 6.13. The highest BCUT2D eigenvalue weighted by atomic mass is 35.5. The van der Waals surface area contributed by atoms with Crippen molar-refractivity contribution in [1.29, 1.82) is 0 Å². The van der Waals surface area contributed by atoms with E-state index >= 15 is 0 Å². The third-order valence-corrected chi connectivity index (χ3v) is 2.86. The van der Waals surface area contributed by atoms with E-state index in [1.165, 1.54) is 6.07 Å². The van der Waals surface area contributed by atoms with E-state index in [4.69, 9.17) is 11.6 Å². The fourth-order valence-corrected chi connectivity index (χ4v) is 1.78. The molecule has 0 aliphatic rings. The number of alkyl halides is 3. The molecule has 1 aromatic carbocycles. The van der Waals surface area contributed by atoms with Gasteiger partial charge in [-0.2, -0.15) is 13.2 Å². The van der Waals surface area contributed by atoms with Crippen molar-refractivity contribution in [2.24, 2.45) is 5.92 Å². The molecule has 0 radical (unpaired) electrons. The van der Waals surface area contributed by atoms with Gasteiger partial charge in [0.2, 0.25) is 5.91 Å². The van der Waals surface area contributed by atoms with Crippen LogP contribution in [0.5, 0.6) is 0 Å². The highest BCUT2D eigenvalue weighted by Gasteiger charge is 2.31. The summed E-state index contributed by atoms with van der Waals surface area (Å²) in [5, 5.41) is 5.36. The second kappa shape index (κ2) is 6.95. The Morgan fingerprint density at radius 2 is 2.00 bits per heavy atom. The van der Waals surface area contributed by atoms with Gasteiger partial charge in [0, 0.05) is 23.2 Å². The topological polar surface area (TPSA) is 41.1 Å². The van der Waals surface area contributed by atoms with Crippen molar-refractivity contribution in [2.75, 3.05) is 18.4 Å². The maximum atomic E-state index is 12.6. The first-order valence-corrected chi connectivity index (χ1v) is 6.51. The summed E-state index contributed by atoms with van der Waals surface area (Å²) in [5.74, 6) is -0.718. The molecule has 7 heteroatoms. The smallest absolute Gasteiger partial charge is 0.326 e. The lowest BCUT2D eigenvalue weighted by molar-refractivity contribution is -0.137. The molecule has 2 N–H and O–H groups in total. The van der Waals surface area contributed by atoms with Crippen LogP contribution in [0.3, 0.4) is 0 Å². The maximum Gasteiger partial charge on any atom is 0.416 e. The van der Waals surface area contributed by atoms with Crippen LogP contribution in [0, 0.1) is 5.92 Å². The summed E-state index contributed by atoms with van der Waals surface area (Å²) in [5.41, 5.74) is -0.849. The molecule has 1 unspecified atom stereocenters. The molecule has 1 amide bonds. The normalized spacial score (nSPS) is 13.1. The molecule has 0 aliphatic carbocycles. The third-order valence-electron chi connectivity index (χ3n) is 2.64. The van der Waals surface area contributed by atoms with Crippen LogP contribution in [-0.2, 0) is 11.0 Å². The Balaban J connectivity index is 2.82. The second-order valence-electron chi connectivity index (χ2n) is 4.42. The number of nitrogens with one attached hydrogen (secondary N) is 2. The molecule has 0 heterocycles. The van der Waals surface area contributed by atoms with Crippen molar-refractivity contribution < 1.29 is 18.0 Å². The first kappa shape index (κ1) is 16.8. The van der Waals surface area contributed by atoms with Crippen LogP contribution in [0.4, 0.5) is 18.9 Å². The molecule has 0 fully saturated rings. The van der Waals surface area contributed by atoms with E-state index in [0.29, 0.717) is 13.1 Å². The predicted molar refractivity (Wildman–Crippen MR) is 72.8 cm³/mol. The standard InChI is InChI=1S/C13H16ClF3N2O/c1-3-18-7-8(2)12(20)19-11-5-9(13(15,16)17)4-10(14)6-11/h4-6,8,18H,3,7H2,1-2H3,(H,19,20). The van der Waals surface area contributed by atoms with Crippen LogP contribution in [0.1, 0.15) is 19.4 Å². The van der Waals surface area contributed by atoms with E-state index in [9.17, 15) is 18.0 Å². The predicted octanol–water partition coefficient (Wildman–Crippen LogP) is 3.54. The number of hydrogen-bond acceptors (Lipinski definition) is 2. The van der Waals surface area contributed by atoms with Gasteiger partial charge in [-0.25, -0.2) is 0 Å². The summed E-state index contributed by atoms with van der Waals surface area (Å²) in [4.78, 5) is 11.8. The van der Waals surface area contributed by atoms with Gasteiger partial charge in [0.1, 0.15) is 0 Å². The molecule has 1 aromatic rings. The van der Waals surface area contributed by atoms with E-state index < -0.39 is 11.7 Å². The van der Waals surface area contributed by atoms with Crippen LogP contribution in [0.15, 0.2) is 18.2 Å².